The monoisotopic (exact) mass is 371 g/mol. The third kappa shape index (κ3) is 3.68. The Hall–Kier alpha value is -1.83. The number of urea groups is 1. The molecular weight excluding hydrogens is 354 g/mol. The predicted octanol–water partition coefficient (Wildman–Crippen LogP) is 1.72. The van der Waals surface area contributed by atoms with Crippen LogP contribution in [0.2, 0.25) is 0 Å². The second-order valence-corrected chi connectivity index (χ2v) is 6.56. The fraction of sp³-hybridized carbons (Fsp3) is 0.500. The van der Waals surface area contributed by atoms with Gasteiger partial charge in [0.05, 0.1) is 16.1 Å². The van der Waals surface area contributed by atoms with Gasteiger partial charge in [0.1, 0.15) is 0 Å². The number of piperidine rings is 1. The third-order valence-corrected chi connectivity index (χ3v) is 4.26. The molecule has 0 aromatic carbocycles. The number of halogens is 1. The second-order valence-electron chi connectivity index (χ2n) is 5.70. The van der Waals surface area contributed by atoms with Crippen LogP contribution in [-0.4, -0.2) is 39.7 Å². The Labute approximate surface area is 136 Å². The van der Waals surface area contributed by atoms with Crippen LogP contribution in [0.3, 0.4) is 0 Å². The standard InChI is InChI=1S/C14H18BrN3O4/c1-8-3-9(13(20)21)6-18(5-8)14(22)16-10-4-11(15)12(19)17(2)7-10/h4,7-9H,3,5-6H2,1-2H3,(H,16,22)(H,20,21). The van der Waals surface area contributed by atoms with E-state index in [-0.39, 0.29) is 24.1 Å². The van der Waals surface area contributed by atoms with Crippen LogP contribution in [0.4, 0.5) is 10.5 Å². The van der Waals surface area contributed by atoms with Crippen molar-refractivity contribution in [2.75, 3.05) is 18.4 Å². The molecule has 0 aliphatic carbocycles. The first kappa shape index (κ1) is 16.5. The Morgan fingerprint density at radius 1 is 1.41 bits per heavy atom. The van der Waals surface area contributed by atoms with Crippen molar-refractivity contribution in [1.29, 1.82) is 0 Å². The minimum atomic E-state index is -0.880. The number of aryl methyl sites for hydroxylation is 1. The Balaban J connectivity index is 2.11. The van der Waals surface area contributed by atoms with Crippen molar-refractivity contribution in [3.63, 3.8) is 0 Å². The fourth-order valence-electron chi connectivity index (χ4n) is 2.64. The first-order valence-corrected chi connectivity index (χ1v) is 7.72. The topological polar surface area (TPSA) is 91.6 Å². The fourth-order valence-corrected chi connectivity index (χ4v) is 3.16. The van der Waals surface area contributed by atoms with Crippen LogP contribution in [0.25, 0.3) is 0 Å². The van der Waals surface area contributed by atoms with Gasteiger partial charge in [-0.1, -0.05) is 6.92 Å². The molecule has 1 aromatic heterocycles. The van der Waals surface area contributed by atoms with Gasteiger partial charge >= 0.3 is 12.0 Å². The van der Waals surface area contributed by atoms with E-state index in [2.05, 4.69) is 21.2 Å². The number of carbonyl (C=O) groups is 2. The zero-order valence-corrected chi connectivity index (χ0v) is 14.0. The summed E-state index contributed by atoms with van der Waals surface area (Å²) < 4.78 is 1.71. The van der Waals surface area contributed by atoms with E-state index in [1.165, 1.54) is 21.7 Å². The Morgan fingerprint density at radius 3 is 2.68 bits per heavy atom. The lowest BCUT2D eigenvalue weighted by atomic mass is 9.91. The molecule has 2 amide bonds. The Morgan fingerprint density at radius 2 is 2.09 bits per heavy atom. The van der Waals surface area contributed by atoms with Gasteiger partial charge in [-0.3, -0.25) is 9.59 Å². The van der Waals surface area contributed by atoms with Crippen molar-refractivity contribution in [2.24, 2.45) is 18.9 Å². The average Bonchev–Trinajstić information content (AvgIpc) is 2.43. The molecule has 2 atom stereocenters. The number of aromatic nitrogens is 1. The number of anilines is 1. The molecule has 2 heterocycles. The van der Waals surface area contributed by atoms with E-state index < -0.39 is 11.9 Å². The van der Waals surface area contributed by atoms with E-state index in [1.807, 2.05) is 6.92 Å². The van der Waals surface area contributed by atoms with Gasteiger partial charge < -0.3 is 19.9 Å². The van der Waals surface area contributed by atoms with Crippen LogP contribution >= 0.6 is 15.9 Å². The molecule has 120 valence electrons. The highest BCUT2D eigenvalue weighted by atomic mass is 79.9. The largest absolute Gasteiger partial charge is 0.481 e. The number of carbonyl (C=O) groups excluding carboxylic acids is 1. The molecule has 1 aliphatic rings. The van der Waals surface area contributed by atoms with E-state index in [0.717, 1.165) is 0 Å². The summed E-state index contributed by atoms with van der Waals surface area (Å²) in [4.78, 5) is 36.6. The molecular formula is C14H18BrN3O4. The maximum Gasteiger partial charge on any atom is 0.321 e. The van der Waals surface area contributed by atoms with Gasteiger partial charge in [0.25, 0.3) is 5.56 Å². The molecule has 2 unspecified atom stereocenters. The molecule has 1 saturated heterocycles. The van der Waals surface area contributed by atoms with E-state index >= 15 is 0 Å². The molecule has 0 radical (unpaired) electrons. The number of hydrogen-bond donors (Lipinski definition) is 2. The van der Waals surface area contributed by atoms with Gasteiger partial charge in [-0.2, -0.15) is 0 Å². The van der Waals surface area contributed by atoms with Crippen molar-refractivity contribution in [2.45, 2.75) is 13.3 Å². The van der Waals surface area contributed by atoms with Gasteiger partial charge in [-0.25, -0.2) is 4.79 Å². The van der Waals surface area contributed by atoms with Crippen molar-refractivity contribution < 1.29 is 14.7 Å². The SMILES string of the molecule is CC1CC(C(=O)O)CN(C(=O)Nc2cc(Br)c(=O)n(C)c2)C1. The number of aliphatic carboxylic acids is 1. The number of nitrogens with zero attached hydrogens (tertiary/aromatic N) is 2. The first-order chi connectivity index (χ1) is 10.3. The van der Waals surface area contributed by atoms with Crippen LogP contribution in [0, 0.1) is 11.8 Å². The zero-order chi connectivity index (χ0) is 16.4. The number of nitrogens with one attached hydrogen (secondary N) is 1. The van der Waals surface area contributed by atoms with Gasteiger partial charge in [0.2, 0.25) is 0 Å². The molecule has 2 N–H and O–H groups in total. The maximum atomic E-state index is 12.3. The highest BCUT2D eigenvalue weighted by Crippen LogP contribution is 2.22. The number of rotatable bonds is 2. The maximum absolute atomic E-state index is 12.3. The summed E-state index contributed by atoms with van der Waals surface area (Å²) in [5.41, 5.74) is 0.277. The van der Waals surface area contributed by atoms with E-state index in [9.17, 15) is 14.4 Å². The van der Waals surface area contributed by atoms with Crippen LogP contribution in [0.1, 0.15) is 13.3 Å². The van der Waals surface area contributed by atoms with Crippen molar-refractivity contribution in [3.05, 3.63) is 27.1 Å². The van der Waals surface area contributed by atoms with Crippen LogP contribution < -0.4 is 10.9 Å². The minimum absolute atomic E-state index is 0.132. The number of carboxylic acids is 1. The second kappa shape index (κ2) is 6.51. The van der Waals surface area contributed by atoms with Gasteiger partial charge in [0.15, 0.2) is 0 Å². The lowest BCUT2D eigenvalue weighted by molar-refractivity contribution is -0.143. The molecule has 22 heavy (non-hydrogen) atoms. The number of amides is 2. The van der Waals surface area contributed by atoms with E-state index in [0.29, 0.717) is 23.1 Å². The smallest absolute Gasteiger partial charge is 0.321 e. The highest BCUT2D eigenvalue weighted by Gasteiger charge is 2.31. The highest BCUT2D eigenvalue weighted by molar-refractivity contribution is 9.10. The normalized spacial score (nSPS) is 21.5. The lowest BCUT2D eigenvalue weighted by Gasteiger charge is -2.34. The zero-order valence-electron chi connectivity index (χ0n) is 12.4. The number of pyridine rings is 1. The molecule has 7 nitrogen and oxygen atoms in total. The summed E-state index contributed by atoms with van der Waals surface area (Å²) in [5, 5.41) is 11.9. The molecule has 8 heteroatoms. The van der Waals surface area contributed by atoms with E-state index in [4.69, 9.17) is 5.11 Å². The number of likely N-dealkylation sites (tertiary alicyclic amines) is 1. The van der Waals surface area contributed by atoms with Crippen LogP contribution in [0.15, 0.2) is 21.5 Å². The van der Waals surface area contributed by atoms with Crippen molar-refractivity contribution >= 4 is 33.6 Å². The van der Waals surface area contributed by atoms with Crippen LogP contribution in [0.5, 0.6) is 0 Å². The van der Waals surface area contributed by atoms with Crippen molar-refractivity contribution in [1.82, 2.24) is 9.47 Å². The molecule has 1 fully saturated rings. The molecule has 0 bridgehead atoms. The average molecular weight is 372 g/mol. The quantitative estimate of drug-likeness (QED) is 0.827. The summed E-state index contributed by atoms with van der Waals surface area (Å²) >= 11 is 3.15. The molecule has 2 rings (SSSR count). The van der Waals surface area contributed by atoms with Crippen molar-refractivity contribution in [3.8, 4) is 0 Å². The summed E-state index contributed by atoms with van der Waals surface area (Å²) in [7, 11) is 1.59. The summed E-state index contributed by atoms with van der Waals surface area (Å²) in [6.45, 7) is 2.64. The summed E-state index contributed by atoms with van der Waals surface area (Å²) in [5.74, 6) is -1.29. The molecule has 1 aliphatic heterocycles. The molecule has 0 spiro atoms. The predicted molar refractivity (Wildman–Crippen MR) is 84.9 cm³/mol. The van der Waals surface area contributed by atoms with Gasteiger partial charge in [0, 0.05) is 26.3 Å². The Kier molecular flexibility index (Phi) is 4.90. The molecule has 1 aromatic rings. The summed E-state index contributed by atoms with van der Waals surface area (Å²) in [6, 6.07) is 1.17. The van der Waals surface area contributed by atoms with Crippen LogP contribution in [-0.2, 0) is 11.8 Å². The van der Waals surface area contributed by atoms with Gasteiger partial charge in [-0.15, -0.1) is 0 Å². The third-order valence-electron chi connectivity index (χ3n) is 3.69. The minimum Gasteiger partial charge on any atom is -0.481 e. The summed E-state index contributed by atoms with van der Waals surface area (Å²) in [6.07, 6.45) is 2.09. The lowest BCUT2D eigenvalue weighted by Crippen LogP contribution is -2.47. The number of carboxylic acid groups (broad SMARTS) is 1. The number of hydrogen-bond acceptors (Lipinski definition) is 3. The Bertz CT molecular complexity index is 632. The van der Waals surface area contributed by atoms with E-state index in [1.54, 1.807) is 7.05 Å². The molecule has 0 saturated carbocycles. The first-order valence-electron chi connectivity index (χ1n) is 6.93. The van der Waals surface area contributed by atoms with Gasteiger partial charge in [-0.05, 0) is 34.3 Å².